The van der Waals surface area contributed by atoms with E-state index in [1.54, 1.807) is 0 Å². The largest absolute Gasteiger partial charge is 0.322 e. The lowest BCUT2D eigenvalue weighted by Gasteiger charge is -2.10. The molecule has 0 unspecified atom stereocenters. The molecule has 0 radical (unpaired) electrons. The summed E-state index contributed by atoms with van der Waals surface area (Å²) in [5, 5.41) is 3.79. The van der Waals surface area contributed by atoms with E-state index in [9.17, 15) is 4.79 Å². The van der Waals surface area contributed by atoms with Crippen LogP contribution in [0.5, 0.6) is 0 Å². The Morgan fingerprint density at radius 1 is 0.966 bits per heavy atom. The maximum absolute atomic E-state index is 12.5. The van der Waals surface area contributed by atoms with Crippen LogP contribution in [0.15, 0.2) is 78.9 Å². The molecule has 0 heterocycles. The Balaban J connectivity index is 1.60. The van der Waals surface area contributed by atoms with Gasteiger partial charge in [0.1, 0.15) is 0 Å². The van der Waals surface area contributed by atoms with Crippen molar-refractivity contribution in [1.29, 1.82) is 0 Å². The SMILES string of the molecule is C=C(Cc1ccc(C(=O)Nc2ccccc2C)cc1)Cc1ccc(Cl)c(CC)c1. The Hall–Kier alpha value is -2.84. The number of halogens is 1. The van der Waals surface area contributed by atoms with Crippen molar-refractivity contribution in [2.45, 2.75) is 33.1 Å². The molecule has 0 aliphatic rings. The van der Waals surface area contributed by atoms with Gasteiger partial charge in [-0.2, -0.15) is 0 Å². The van der Waals surface area contributed by atoms with Gasteiger partial charge < -0.3 is 5.32 Å². The van der Waals surface area contributed by atoms with Crippen molar-refractivity contribution in [3.05, 3.63) is 112 Å². The van der Waals surface area contributed by atoms with Crippen molar-refractivity contribution in [3.8, 4) is 0 Å². The fourth-order valence-electron chi connectivity index (χ4n) is 3.33. The van der Waals surface area contributed by atoms with Gasteiger partial charge in [0, 0.05) is 16.3 Å². The number of rotatable bonds is 7. The number of carbonyl (C=O) groups excluding carboxylic acids is 1. The summed E-state index contributed by atoms with van der Waals surface area (Å²) in [6.45, 7) is 8.32. The van der Waals surface area contributed by atoms with E-state index in [-0.39, 0.29) is 5.91 Å². The third-order valence-electron chi connectivity index (χ3n) is 5.01. The summed E-state index contributed by atoms with van der Waals surface area (Å²) in [6.07, 6.45) is 2.52. The van der Waals surface area contributed by atoms with Crippen molar-refractivity contribution in [1.82, 2.24) is 0 Å². The molecule has 0 aromatic heterocycles. The van der Waals surface area contributed by atoms with Crippen LogP contribution in [0.4, 0.5) is 5.69 Å². The van der Waals surface area contributed by atoms with E-state index < -0.39 is 0 Å². The summed E-state index contributed by atoms with van der Waals surface area (Å²) in [6, 6.07) is 21.7. The summed E-state index contributed by atoms with van der Waals surface area (Å²) in [5.74, 6) is -0.0991. The van der Waals surface area contributed by atoms with Gasteiger partial charge in [0.05, 0.1) is 0 Å². The fraction of sp³-hybridized carbons (Fsp3) is 0.192. The molecule has 0 saturated carbocycles. The molecule has 0 saturated heterocycles. The topological polar surface area (TPSA) is 29.1 Å². The zero-order valence-electron chi connectivity index (χ0n) is 17.0. The molecule has 0 atom stereocenters. The monoisotopic (exact) mass is 403 g/mol. The molecule has 0 fully saturated rings. The third-order valence-corrected chi connectivity index (χ3v) is 5.38. The molecule has 3 rings (SSSR count). The van der Waals surface area contributed by atoms with Gasteiger partial charge in [-0.3, -0.25) is 4.79 Å². The van der Waals surface area contributed by atoms with Crippen molar-refractivity contribution in [3.63, 3.8) is 0 Å². The van der Waals surface area contributed by atoms with Gasteiger partial charge in [-0.25, -0.2) is 0 Å². The predicted molar refractivity (Wildman–Crippen MR) is 123 cm³/mol. The highest BCUT2D eigenvalue weighted by Crippen LogP contribution is 2.21. The minimum atomic E-state index is -0.0991. The lowest BCUT2D eigenvalue weighted by atomic mass is 9.97. The molecule has 0 spiro atoms. The minimum Gasteiger partial charge on any atom is -0.322 e. The second-order valence-electron chi connectivity index (χ2n) is 7.35. The summed E-state index contributed by atoms with van der Waals surface area (Å²) in [5.41, 5.74) is 7.20. The van der Waals surface area contributed by atoms with Crippen LogP contribution in [0.25, 0.3) is 0 Å². The number of carbonyl (C=O) groups is 1. The molecule has 148 valence electrons. The Morgan fingerprint density at radius 3 is 2.31 bits per heavy atom. The number of aryl methyl sites for hydroxylation is 2. The zero-order valence-corrected chi connectivity index (χ0v) is 17.7. The summed E-state index contributed by atoms with van der Waals surface area (Å²) >= 11 is 6.21. The molecule has 29 heavy (non-hydrogen) atoms. The van der Waals surface area contributed by atoms with E-state index >= 15 is 0 Å². The summed E-state index contributed by atoms with van der Waals surface area (Å²) in [4.78, 5) is 12.5. The summed E-state index contributed by atoms with van der Waals surface area (Å²) < 4.78 is 0. The molecule has 3 aromatic rings. The lowest BCUT2D eigenvalue weighted by Crippen LogP contribution is -2.12. The number of nitrogens with one attached hydrogen (secondary N) is 1. The van der Waals surface area contributed by atoms with Crippen molar-refractivity contribution in [2.24, 2.45) is 0 Å². The average Bonchev–Trinajstić information content (AvgIpc) is 2.71. The van der Waals surface area contributed by atoms with Gasteiger partial charge in [0.25, 0.3) is 5.91 Å². The normalized spacial score (nSPS) is 10.6. The smallest absolute Gasteiger partial charge is 0.255 e. The molecule has 0 bridgehead atoms. The van der Waals surface area contributed by atoms with Gasteiger partial charge in [-0.05, 0) is 72.7 Å². The highest BCUT2D eigenvalue weighted by molar-refractivity contribution is 6.31. The number of anilines is 1. The Bertz CT molecular complexity index is 1020. The molecule has 3 heteroatoms. The molecule has 1 N–H and O–H groups in total. The van der Waals surface area contributed by atoms with E-state index in [0.29, 0.717) is 5.56 Å². The van der Waals surface area contributed by atoms with E-state index in [4.69, 9.17) is 11.6 Å². The first-order valence-electron chi connectivity index (χ1n) is 9.86. The fourth-order valence-corrected chi connectivity index (χ4v) is 3.58. The van der Waals surface area contributed by atoms with Crippen LogP contribution in [0.2, 0.25) is 5.02 Å². The lowest BCUT2D eigenvalue weighted by molar-refractivity contribution is 0.102. The zero-order chi connectivity index (χ0) is 20.8. The van der Waals surface area contributed by atoms with Crippen LogP contribution >= 0.6 is 11.6 Å². The van der Waals surface area contributed by atoms with Gasteiger partial charge in [0.2, 0.25) is 0 Å². The van der Waals surface area contributed by atoms with Crippen LogP contribution in [0, 0.1) is 6.92 Å². The molecular weight excluding hydrogens is 378 g/mol. The molecular formula is C26H26ClNO. The van der Waals surface area contributed by atoms with Crippen LogP contribution in [-0.4, -0.2) is 5.91 Å². The number of amides is 1. The third kappa shape index (κ3) is 5.58. The van der Waals surface area contributed by atoms with Crippen LogP contribution in [0.3, 0.4) is 0 Å². The number of allylic oxidation sites excluding steroid dienone is 1. The Kier molecular flexibility index (Phi) is 6.90. The maximum atomic E-state index is 12.5. The molecule has 0 aliphatic carbocycles. The first-order chi connectivity index (χ1) is 14.0. The quantitative estimate of drug-likeness (QED) is 0.431. The second-order valence-corrected chi connectivity index (χ2v) is 7.76. The van der Waals surface area contributed by atoms with E-state index in [0.717, 1.165) is 46.7 Å². The van der Waals surface area contributed by atoms with Gasteiger partial charge in [0.15, 0.2) is 0 Å². The van der Waals surface area contributed by atoms with Gasteiger partial charge in [-0.15, -0.1) is 0 Å². The number of para-hydroxylation sites is 1. The van der Waals surface area contributed by atoms with Crippen molar-refractivity contribution in [2.75, 3.05) is 5.32 Å². The first kappa shape index (κ1) is 20.9. The molecule has 1 amide bonds. The second kappa shape index (κ2) is 9.58. The van der Waals surface area contributed by atoms with E-state index in [1.165, 1.54) is 11.1 Å². The van der Waals surface area contributed by atoms with Crippen molar-refractivity contribution < 1.29 is 4.79 Å². The average molecular weight is 404 g/mol. The highest BCUT2D eigenvalue weighted by atomic mass is 35.5. The number of hydrogen-bond acceptors (Lipinski definition) is 1. The van der Waals surface area contributed by atoms with Crippen LogP contribution < -0.4 is 5.32 Å². The van der Waals surface area contributed by atoms with Gasteiger partial charge in [-0.1, -0.05) is 73.1 Å². The highest BCUT2D eigenvalue weighted by Gasteiger charge is 2.08. The predicted octanol–water partition coefficient (Wildman–Crippen LogP) is 6.80. The Labute approximate surface area is 178 Å². The summed E-state index contributed by atoms with van der Waals surface area (Å²) in [7, 11) is 0. The first-order valence-corrected chi connectivity index (χ1v) is 10.2. The maximum Gasteiger partial charge on any atom is 0.255 e. The number of hydrogen-bond donors (Lipinski definition) is 1. The Morgan fingerprint density at radius 2 is 1.62 bits per heavy atom. The molecule has 2 nitrogen and oxygen atoms in total. The standard InChI is InChI=1S/C26H26ClNO/c1-4-22-17-21(11-14-24(22)27)16-18(2)15-20-9-12-23(13-10-20)26(29)28-25-8-6-5-7-19(25)3/h5-14,17H,2,4,15-16H2,1,3H3,(H,28,29). The number of benzene rings is 3. The van der Waals surface area contributed by atoms with E-state index in [2.05, 4.69) is 31.0 Å². The van der Waals surface area contributed by atoms with E-state index in [1.807, 2.05) is 61.5 Å². The van der Waals surface area contributed by atoms with Crippen LogP contribution in [0.1, 0.15) is 39.5 Å². The van der Waals surface area contributed by atoms with Crippen molar-refractivity contribution >= 4 is 23.2 Å². The minimum absolute atomic E-state index is 0.0991. The molecule has 3 aromatic carbocycles. The van der Waals surface area contributed by atoms with Gasteiger partial charge >= 0.3 is 0 Å². The van der Waals surface area contributed by atoms with Crippen LogP contribution in [-0.2, 0) is 19.3 Å². The molecule has 0 aliphatic heterocycles.